The number of rotatable bonds is 9. The average molecular weight is 427 g/mol. The van der Waals surface area contributed by atoms with Gasteiger partial charge in [0, 0.05) is 36.4 Å². The van der Waals surface area contributed by atoms with Crippen molar-refractivity contribution in [3.05, 3.63) is 53.6 Å². The molecule has 3 rings (SSSR count). The molecule has 0 saturated carbocycles. The summed E-state index contributed by atoms with van der Waals surface area (Å²) in [7, 11) is 4.89. The van der Waals surface area contributed by atoms with Crippen LogP contribution in [0.2, 0.25) is 0 Å². The fourth-order valence-corrected chi connectivity index (χ4v) is 3.36. The summed E-state index contributed by atoms with van der Waals surface area (Å²) in [5, 5.41) is 3.99. The fourth-order valence-electron chi connectivity index (χ4n) is 3.36. The molecule has 0 unspecified atom stereocenters. The molecule has 0 aliphatic rings. The quantitative estimate of drug-likeness (QED) is 0.541. The van der Waals surface area contributed by atoms with Crippen molar-refractivity contribution < 1.29 is 18.7 Å². The van der Waals surface area contributed by atoms with Crippen LogP contribution >= 0.6 is 0 Å². The lowest BCUT2D eigenvalue weighted by Gasteiger charge is -2.25. The molecule has 31 heavy (non-hydrogen) atoms. The van der Waals surface area contributed by atoms with Crippen molar-refractivity contribution in [2.24, 2.45) is 5.73 Å². The smallest absolute Gasteiger partial charge is 0.237 e. The highest BCUT2D eigenvalue weighted by molar-refractivity contribution is 5.92. The van der Waals surface area contributed by atoms with Crippen molar-refractivity contribution in [3.8, 4) is 5.75 Å². The zero-order valence-electron chi connectivity index (χ0n) is 18.0. The highest BCUT2D eigenvalue weighted by Crippen LogP contribution is 2.31. The first-order valence-electron chi connectivity index (χ1n) is 9.67. The van der Waals surface area contributed by atoms with Crippen molar-refractivity contribution >= 4 is 28.3 Å². The third-order valence-corrected chi connectivity index (χ3v) is 5.06. The third kappa shape index (κ3) is 5.07. The van der Waals surface area contributed by atoms with Gasteiger partial charge in [0.05, 0.1) is 19.2 Å². The number of hydrogen-bond acceptors (Lipinski definition) is 7. The molecule has 0 aliphatic carbocycles. The summed E-state index contributed by atoms with van der Waals surface area (Å²) >= 11 is 0. The van der Waals surface area contributed by atoms with E-state index in [-0.39, 0.29) is 12.4 Å². The van der Waals surface area contributed by atoms with Gasteiger partial charge in [0.2, 0.25) is 5.91 Å². The Morgan fingerprint density at radius 3 is 2.68 bits per heavy atom. The first-order valence-corrected chi connectivity index (χ1v) is 9.67. The lowest BCUT2D eigenvalue weighted by atomic mass is 10.1. The lowest BCUT2D eigenvalue weighted by Crippen LogP contribution is -2.45. The Morgan fingerprint density at radius 2 is 2.03 bits per heavy atom. The predicted molar refractivity (Wildman–Crippen MR) is 117 cm³/mol. The molecule has 1 atom stereocenters. The molecule has 0 fully saturated rings. The maximum atomic E-state index is 13.6. The summed E-state index contributed by atoms with van der Waals surface area (Å²) in [4.78, 5) is 22.3. The van der Waals surface area contributed by atoms with Crippen LogP contribution in [0, 0.1) is 12.7 Å². The molecule has 0 bridgehead atoms. The molecule has 9 heteroatoms. The molecule has 0 aliphatic heterocycles. The minimum Gasteiger partial charge on any atom is -0.496 e. The van der Waals surface area contributed by atoms with Gasteiger partial charge in [0.15, 0.2) is 0 Å². The topological polar surface area (TPSA) is 103 Å². The van der Waals surface area contributed by atoms with Crippen molar-refractivity contribution in [3.63, 3.8) is 0 Å². The standard InChI is InChI=1S/C22H26FN5O3/c1-13-7-15(5-6-17(13)23)27-22-16-8-14(10-28(2)19(11-30-3)21(24)29)20(31-4)9-18(16)25-12-26-22/h5-9,12,19H,10-11H2,1-4H3,(H2,24,29)(H,25,26,27)/t19-/m0/s1. The molecular weight excluding hydrogens is 401 g/mol. The van der Waals surface area contributed by atoms with E-state index in [0.29, 0.717) is 34.9 Å². The molecule has 0 saturated heterocycles. The summed E-state index contributed by atoms with van der Waals surface area (Å²) in [6.07, 6.45) is 1.45. The molecule has 0 radical (unpaired) electrons. The predicted octanol–water partition coefficient (Wildman–Crippen LogP) is 2.76. The average Bonchev–Trinajstić information content (AvgIpc) is 2.74. The molecule has 8 nitrogen and oxygen atoms in total. The zero-order chi connectivity index (χ0) is 22.5. The van der Waals surface area contributed by atoms with Crippen LogP contribution in [0.1, 0.15) is 11.1 Å². The maximum absolute atomic E-state index is 13.6. The molecular formula is C22H26FN5O3. The third-order valence-electron chi connectivity index (χ3n) is 5.06. The number of methoxy groups -OCH3 is 2. The minimum atomic E-state index is -0.586. The number of carbonyl (C=O) groups is 1. The van der Waals surface area contributed by atoms with Crippen molar-refractivity contribution in [1.82, 2.24) is 14.9 Å². The zero-order valence-corrected chi connectivity index (χ0v) is 18.0. The van der Waals surface area contributed by atoms with Crippen molar-refractivity contribution in [2.75, 3.05) is 33.2 Å². The maximum Gasteiger partial charge on any atom is 0.237 e. The number of benzene rings is 2. The first-order chi connectivity index (χ1) is 14.8. The number of halogens is 1. The largest absolute Gasteiger partial charge is 0.496 e. The minimum absolute atomic E-state index is 0.182. The number of ether oxygens (including phenoxy) is 2. The normalized spacial score (nSPS) is 12.2. The van der Waals surface area contributed by atoms with Crippen LogP contribution in [-0.4, -0.2) is 54.7 Å². The van der Waals surface area contributed by atoms with E-state index in [1.807, 2.05) is 12.1 Å². The number of primary amides is 1. The van der Waals surface area contributed by atoms with Crippen LogP contribution in [0.3, 0.4) is 0 Å². The van der Waals surface area contributed by atoms with Crippen LogP contribution in [0.15, 0.2) is 36.7 Å². The number of hydrogen-bond donors (Lipinski definition) is 2. The number of amides is 1. The number of nitrogens with two attached hydrogens (primary N) is 1. The van der Waals surface area contributed by atoms with E-state index in [9.17, 15) is 9.18 Å². The fraction of sp³-hybridized carbons (Fsp3) is 0.318. The van der Waals surface area contributed by atoms with Crippen LogP contribution in [0.5, 0.6) is 5.75 Å². The van der Waals surface area contributed by atoms with Gasteiger partial charge in [-0.05, 0) is 43.8 Å². The summed E-state index contributed by atoms with van der Waals surface area (Å²) in [5.74, 6) is 0.461. The number of aryl methyl sites for hydroxylation is 1. The van der Waals surface area contributed by atoms with Gasteiger partial charge in [0.25, 0.3) is 0 Å². The van der Waals surface area contributed by atoms with Gasteiger partial charge in [-0.2, -0.15) is 0 Å². The molecule has 1 amide bonds. The Bertz CT molecular complexity index is 1090. The first kappa shape index (κ1) is 22.4. The Morgan fingerprint density at radius 1 is 1.26 bits per heavy atom. The number of carbonyl (C=O) groups excluding carboxylic acids is 1. The second-order valence-electron chi connectivity index (χ2n) is 7.28. The van der Waals surface area contributed by atoms with Gasteiger partial charge in [-0.3, -0.25) is 9.69 Å². The van der Waals surface area contributed by atoms with Crippen molar-refractivity contribution in [2.45, 2.75) is 19.5 Å². The van der Waals surface area contributed by atoms with E-state index in [1.54, 1.807) is 38.1 Å². The van der Waals surface area contributed by atoms with Crippen molar-refractivity contribution in [1.29, 1.82) is 0 Å². The number of aromatic nitrogens is 2. The number of anilines is 2. The molecule has 1 aromatic heterocycles. The summed E-state index contributed by atoms with van der Waals surface area (Å²) in [5.41, 5.74) is 8.27. The molecule has 1 heterocycles. The molecule has 2 aromatic carbocycles. The Balaban J connectivity index is 1.99. The highest BCUT2D eigenvalue weighted by Gasteiger charge is 2.22. The monoisotopic (exact) mass is 427 g/mol. The molecule has 3 N–H and O–H groups in total. The van der Waals surface area contributed by atoms with Gasteiger partial charge in [0.1, 0.15) is 29.8 Å². The van der Waals surface area contributed by atoms with E-state index in [2.05, 4.69) is 15.3 Å². The number of nitrogens with one attached hydrogen (secondary N) is 1. The molecule has 164 valence electrons. The second kappa shape index (κ2) is 9.67. The van der Waals surface area contributed by atoms with Crippen LogP contribution in [0.4, 0.5) is 15.9 Å². The molecule has 3 aromatic rings. The number of nitrogens with zero attached hydrogens (tertiary/aromatic N) is 3. The van der Waals surface area contributed by atoms with Crippen LogP contribution in [-0.2, 0) is 16.1 Å². The summed E-state index contributed by atoms with van der Waals surface area (Å²) in [6, 6.07) is 7.91. The molecule has 0 spiro atoms. The second-order valence-corrected chi connectivity index (χ2v) is 7.28. The number of fused-ring (bicyclic) bond motifs is 1. The van der Waals surface area contributed by atoms with E-state index in [1.165, 1.54) is 19.5 Å². The Labute approximate surface area is 180 Å². The van der Waals surface area contributed by atoms with Gasteiger partial charge in [-0.1, -0.05) is 0 Å². The summed E-state index contributed by atoms with van der Waals surface area (Å²) < 4.78 is 24.3. The Hall–Kier alpha value is -3.30. The van der Waals surface area contributed by atoms with Crippen LogP contribution < -0.4 is 15.8 Å². The van der Waals surface area contributed by atoms with E-state index in [0.717, 1.165) is 10.9 Å². The Kier molecular flexibility index (Phi) is 6.98. The van der Waals surface area contributed by atoms with Crippen LogP contribution in [0.25, 0.3) is 10.9 Å². The van der Waals surface area contributed by atoms with Gasteiger partial charge in [-0.15, -0.1) is 0 Å². The van der Waals surface area contributed by atoms with Gasteiger partial charge >= 0.3 is 0 Å². The van der Waals surface area contributed by atoms with E-state index in [4.69, 9.17) is 15.2 Å². The number of likely N-dealkylation sites (N-methyl/N-ethyl adjacent to an activating group) is 1. The summed E-state index contributed by atoms with van der Waals surface area (Å²) in [6.45, 7) is 2.27. The SMILES string of the molecule is COC[C@@H](C(N)=O)N(C)Cc1cc2c(Nc3ccc(F)c(C)c3)ncnc2cc1OC. The van der Waals surface area contributed by atoms with Gasteiger partial charge < -0.3 is 20.5 Å². The van der Waals surface area contributed by atoms with E-state index < -0.39 is 11.9 Å². The van der Waals surface area contributed by atoms with Gasteiger partial charge in [-0.25, -0.2) is 14.4 Å². The lowest BCUT2D eigenvalue weighted by molar-refractivity contribution is -0.124. The van der Waals surface area contributed by atoms with E-state index >= 15 is 0 Å². The highest BCUT2D eigenvalue weighted by atomic mass is 19.1.